The van der Waals surface area contributed by atoms with Crippen molar-refractivity contribution in [1.29, 1.82) is 0 Å². The number of hydrogen-bond donors (Lipinski definition) is 1. The smallest absolute Gasteiger partial charge is 0.0534 e. The number of fused-ring (bicyclic) bond motifs is 5. The molecule has 6 aromatic rings. The maximum atomic E-state index is 3.58. The van der Waals surface area contributed by atoms with Crippen molar-refractivity contribution in [3.63, 3.8) is 0 Å². The molecule has 1 aromatic heterocycles. The van der Waals surface area contributed by atoms with Gasteiger partial charge in [0.1, 0.15) is 0 Å². The molecule has 0 aliphatic carbocycles. The normalized spacial score (nSPS) is 12.5. The summed E-state index contributed by atoms with van der Waals surface area (Å²) in [4.78, 5) is 5.94. The molecule has 0 atom stereocenters. The lowest BCUT2D eigenvalue weighted by molar-refractivity contribution is 1.28. The van der Waals surface area contributed by atoms with Crippen LogP contribution in [-0.4, -0.2) is 4.98 Å². The van der Waals surface area contributed by atoms with Crippen molar-refractivity contribution < 1.29 is 0 Å². The molecule has 2 heteroatoms. The second-order valence-corrected chi connectivity index (χ2v) is 8.74. The van der Waals surface area contributed by atoms with Crippen LogP contribution in [0.25, 0.3) is 45.1 Å². The second kappa shape index (κ2) is 7.50. The fraction of sp³-hybridized carbons (Fsp3) is 0. The van der Waals surface area contributed by atoms with Gasteiger partial charge in [0.15, 0.2) is 0 Å². The highest BCUT2D eigenvalue weighted by Crippen LogP contribution is 2.44. The topological polar surface area (TPSA) is 19.0 Å². The van der Waals surface area contributed by atoms with Crippen molar-refractivity contribution >= 4 is 51.0 Å². The van der Waals surface area contributed by atoms with Gasteiger partial charge in [0.2, 0.25) is 0 Å². The molecule has 0 amide bonds. The van der Waals surface area contributed by atoms with Gasteiger partial charge in [-0.3, -0.25) is 0 Å². The largest absolute Gasteiger partial charge is 0.354 e. The summed E-state index contributed by atoms with van der Waals surface area (Å²) in [5.41, 5.74) is 10.8. The number of benzene rings is 5. The van der Waals surface area contributed by atoms with E-state index in [1.54, 1.807) is 0 Å². The van der Waals surface area contributed by atoms with Crippen molar-refractivity contribution in [2.75, 3.05) is 4.90 Å². The first kappa shape index (κ1) is 19.0. The van der Waals surface area contributed by atoms with Gasteiger partial charge in [-0.2, -0.15) is 0 Å². The van der Waals surface area contributed by atoms with E-state index < -0.39 is 0 Å². The van der Waals surface area contributed by atoms with Gasteiger partial charge in [0.25, 0.3) is 0 Å². The Morgan fingerprint density at radius 2 is 1.26 bits per heavy atom. The minimum atomic E-state index is 1.16. The first-order chi connectivity index (χ1) is 16.9. The standard InChI is InChI=1S/C32H22N2/c1-2-10-25(11-3-1)34-30-16-7-4-9-22(30)17-18-24-21-23(19-20-31(24)34)26-13-8-15-29-32(26)27-12-5-6-14-28(27)33-29/h1-21,33H. The highest BCUT2D eigenvalue weighted by molar-refractivity contribution is 6.14. The molecule has 7 rings (SSSR count). The Morgan fingerprint density at radius 1 is 0.529 bits per heavy atom. The average Bonchev–Trinajstić information content (AvgIpc) is 3.20. The zero-order valence-corrected chi connectivity index (χ0v) is 18.6. The molecule has 34 heavy (non-hydrogen) atoms. The quantitative estimate of drug-likeness (QED) is 0.288. The van der Waals surface area contributed by atoms with Crippen LogP contribution in [0, 0.1) is 0 Å². The Balaban J connectivity index is 1.46. The molecule has 0 unspecified atom stereocenters. The third-order valence-electron chi connectivity index (χ3n) is 6.74. The fourth-order valence-corrected chi connectivity index (χ4v) is 5.20. The maximum absolute atomic E-state index is 3.58. The molecule has 0 fully saturated rings. The monoisotopic (exact) mass is 434 g/mol. The number of nitrogens with zero attached hydrogens (tertiary/aromatic N) is 1. The van der Waals surface area contributed by atoms with E-state index in [2.05, 4.69) is 137 Å². The molecule has 1 N–H and O–H groups in total. The van der Waals surface area contributed by atoms with Crippen LogP contribution in [0.5, 0.6) is 0 Å². The van der Waals surface area contributed by atoms with E-state index in [0.717, 1.165) is 5.69 Å². The summed E-state index contributed by atoms with van der Waals surface area (Å²) in [6.45, 7) is 0. The first-order valence-corrected chi connectivity index (χ1v) is 11.6. The van der Waals surface area contributed by atoms with Crippen molar-refractivity contribution in [2.24, 2.45) is 0 Å². The van der Waals surface area contributed by atoms with Gasteiger partial charge in [-0.1, -0.05) is 84.9 Å². The van der Waals surface area contributed by atoms with Crippen LogP contribution in [-0.2, 0) is 0 Å². The number of hydrogen-bond acceptors (Lipinski definition) is 1. The van der Waals surface area contributed by atoms with Crippen LogP contribution in [0.15, 0.2) is 115 Å². The van der Waals surface area contributed by atoms with Gasteiger partial charge in [-0.05, 0) is 64.7 Å². The van der Waals surface area contributed by atoms with Crippen LogP contribution in [0.4, 0.5) is 17.1 Å². The maximum Gasteiger partial charge on any atom is 0.0534 e. The molecular formula is C32H22N2. The lowest BCUT2D eigenvalue weighted by atomic mass is 9.96. The van der Waals surface area contributed by atoms with Gasteiger partial charge in [-0.25, -0.2) is 0 Å². The molecule has 0 radical (unpaired) electrons. The third-order valence-corrected chi connectivity index (χ3v) is 6.74. The lowest BCUT2D eigenvalue weighted by Crippen LogP contribution is -2.11. The van der Waals surface area contributed by atoms with E-state index in [1.807, 2.05) is 0 Å². The Hall–Kier alpha value is -4.56. The number of rotatable bonds is 2. The molecule has 0 spiro atoms. The summed E-state index contributed by atoms with van der Waals surface area (Å²) in [5.74, 6) is 0. The molecule has 1 aliphatic rings. The van der Waals surface area contributed by atoms with Crippen molar-refractivity contribution in [3.05, 3.63) is 126 Å². The third kappa shape index (κ3) is 2.89. The Bertz CT molecular complexity index is 1710. The summed E-state index contributed by atoms with van der Waals surface area (Å²) >= 11 is 0. The summed E-state index contributed by atoms with van der Waals surface area (Å²) in [5, 5.41) is 2.54. The van der Waals surface area contributed by atoms with Gasteiger partial charge < -0.3 is 9.88 Å². The SMILES string of the molecule is C1=Cc2cc(-c3cccc4[nH]c5ccccc5c34)ccc2N(c2ccccc2)c2ccccc21. The first-order valence-electron chi connectivity index (χ1n) is 11.6. The van der Waals surface area contributed by atoms with E-state index in [0.29, 0.717) is 0 Å². The van der Waals surface area contributed by atoms with Gasteiger partial charge in [-0.15, -0.1) is 0 Å². The predicted molar refractivity (Wildman–Crippen MR) is 145 cm³/mol. The molecule has 2 nitrogen and oxygen atoms in total. The molecule has 5 aromatic carbocycles. The minimum Gasteiger partial charge on any atom is -0.354 e. The summed E-state index contributed by atoms with van der Waals surface area (Å²) < 4.78 is 0. The lowest BCUT2D eigenvalue weighted by Gasteiger charge is -2.27. The Labute approximate surface area is 198 Å². The number of nitrogens with one attached hydrogen (secondary N) is 1. The van der Waals surface area contributed by atoms with Crippen molar-refractivity contribution in [1.82, 2.24) is 4.98 Å². The molecule has 1 aliphatic heterocycles. The number of anilines is 3. The van der Waals surface area contributed by atoms with E-state index in [1.165, 1.54) is 55.4 Å². The second-order valence-electron chi connectivity index (χ2n) is 8.74. The molecule has 0 saturated carbocycles. The van der Waals surface area contributed by atoms with Gasteiger partial charge >= 0.3 is 0 Å². The summed E-state index contributed by atoms with van der Waals surface area (Å²) in [6, 6.07) is 41.1. The summed E-state index contributed by atoms with van der Waals surface area (Å²) in [7, 11) is 0. The van der Waals surface area contributed by atoms with Crippen LogP contribution in [0.1, 0.15) is 11.1 Å². The zero-order valence-electron chi connectivity index (χ0n) is 18.6. The van der Waals surface area contributed by atoms with E-state index in [9.17, 15) is 0 Å². The van der Waals surface area contributed by atoms with E-state index in [4.69, 9.17) is 0 Å². The number of para-hydroxylation sites is 3. The van der Waals surface area contributed by atoms with Gasteiger partial charge in [0.05, 0.1) is 11.4 Å². The number of aromatic nitrogens is 1. The number of H-pyrrole nitrogens is 1. The Kier molecular flexibility index (Phi) is 4.18. The Morgan fingerprint density at radius 3 is 2.21 bits per heavy atom. The predicted octanol–water partition coefficient (Wildman–Crippen LogP) is 8.94. The summed E-state index contributed by atoms with van der Waals surface area (Å²) in [6.07, 6.45) is 4.48. The van der Waals surface area contributed by atoms with Crippen LogP contribution < -0.4 is 4.90 Å². The van der Waals surface area contributed by atoms with Crippen LogP contribution in [0.3, 0.4) is 0 Å². The zero-order chi connectivity index (χ0) is 22.5. The molecule has 0 saturated heterocycles. The average molecular weight is 435 g/mol. The molecule has 2 heterocycles. The number of aromatic amines is 1. The molecule has 160 valence electrons. The van der Waals surface area contributed by atoms with Crippen molar-refractivity contribution in [2.45, 2.75) is 0 Å². The fourth-order valence-electron chi connectivity index (χ4n) is 5.20. The minimum absolute atomic E-state index is 1.16. The van der Waals surface area contributed by atoms with E-state index in [-0.39, 0.29) is 0 Å². The van der Waals surface area contributed by atoms with Crippen molar-refractivity contribution in [3.8, 4) is 11.1 Å². The highest BCUT2D eigenvalue weighted by Gasteiger charge is 2.20. The van der Waals surface area contributed by atoms with Crippen LogP contribution in [0.2, 0.25) is 0 Å². The molecular weight excluding hydrogens is 412 g/mol. The van der Waals surface area contributed by atoms with Gasteiger partial charge in [0, 0.05) is 27.5 Å². The highest BCUT2D eigenvalue weighted by atomic mass is 15.1. The van der Waals surface area contributed by atoms with Crippen LogP contribution >= 0.6 is 0 Å². The van der Waals surface area contributed by atoms with E-state index >= 15 is 0 Å². The molecule has 0 bridgehead atoms.